The van der Waals surface area contributed by atoms with Gasteiger partial charge in [-0.15, -0.1) is 0 Å². The Morgan fingerprint density at radius 2 is 1.70 bits per heavy atom. The van der Waals surface area contributed by atoms with Gasteiger partial charge < -0.3 is 14.6 Å². The summed E-state index contributed by atoms with van der Waals surface area (Å²) >= 11 is 0. The zero-order chi connectivity index (χ0) is 19.4. The van der Waals surface area contributed by atoms with Crippen LogP contribution in [0.25, 0.3) is 0 Å². The quantitative estimate of drug-likeness (QED) is 0.900. The van der Waals surface area contributed by atoms with Crippen LogP contribution in [0.5, 0.6) is 0 Å². The number of nitrogens with one attached hydrogen (secondary N) is 1. The van der Waals surface area contributed by atoms with Crippen LogP contribution < -0.4 is 5.32 Å². The Kier molecular flexibility index (Phi) is 5.65. The molecule has 1 fully saturated rings. The van der Waals surface area contributed by atoms with Crippen LogP contribution in [0.2, 0.25) is 0 Å². The Morgan fingerprint density at radius 3 is 2.26 bits per heavy atom. The van der Waals surface area contributed by atoms with E-state index in [2.05, 4.69) is 43.1 Å². The molecule has 1 saturated heterocycles. The molecule has 2 amide bonds. The van der Waals surface area contributed by atoms with Crippen molar-refractivity contribution in [3.63, 3.8) is 0 Å². The Morgan fingerprint density at radius 1 is 1.04 bits per heavy atom. The minimum atomic E-state index is -0.0944. The smallest absolute Gasteiger partial charge is 0.289 e. The first-order valence-electron chi connectivity index (χ1n) is 9.28. The van der Waals surface area contributed by atoms with Crippen LogP contribution in [0.4, 0.5) is 5.69 Å². The highest BCUT2D eigenvalue weighted by Gasteiger charge is 2.24. The van der Waals surface area contributed by atoms with Crippen molar-refractivity contribution in [2.24, 2.45) is 0 Å². The van der Waals surface area contributed by atoms with Crippen molar-refractivity contribution in [3.05, 3.63) is 54.0 Å². The predicted molar refractivity (Wildman–Crippen MR) is 105 cm³/mol. The summed E-state index contributed by atoms with van der Waals surface area (Å²) < 4.78 is 5.17. The maximum atomic E-state index is 12.3. The van der Waals surface area contributed by atoms with E-state index in [1.165, 1.54) is 11.8 Å². The van der Waals surface area contributed by atoms with Gasteiger partial charge in [0.2, 0.25) is 5.91 Å². The summed E-state index contributed by atoms with van der Waals surface area (Å²) in [6.07, 6.45) is 1.50. The second-order valence-electron chi connectivity index (χ2n) is 7.92. The van der Waals surface area contributed by atoms with E-state index >= 15 is 0 Å². The van der Waals surface area contributed by atoms with Crippen LogP contribution in [0.3, 0.4) is 0 Å². The van der Waals surface area contributed by atoms with Gasteiger partial charge in [-0.3, -0.25) is 14.5 Å². The van der Waals surface area contributed by atoms with Gasteiger partial charge in [0.05, 0.1) is 12.8 Å². The molecule has 1 aliphatic heterocycles. The number of benzene rings is 1. The van der Waals surface area contributed by atoms with E-state index < -0.39 is 0 Å². The maximum Gasteiger partial charge on any atom is 0.289 e. The lowest BCUT2D eigenvalue weighted by molar-refractivity contribution is -0.117. The van der Waals surface area contributed by atoms with Gasteiger partial charge in [0.1, 0.15) is 0 Å². The molecule has 27 heavy (non-hydrogen) atoms. The molecule has 0 radical (unpaired) electrons. The van der Waals surface area contributed by atoms with Crippen molar-refractivity contribution >= 4 is 17.5 Å². The molecule has 3 rings (SSSR count). The Bertz CT molecular complexity index is 768. The molecule has 6 nitrogen and oxygen atoms in total. The minimum Gasteiger partial charge on any atom is -0.459 e. The topological polar surface area (TPSA) is 65.8 Å². The monoisotopic (exact) mass is 369 g/mol. The molecule has 0 unspecified atom stereocenters. The molecule has 0 spiro atoms. The number of hydrogen-bond acceptors (Lipinski definition) is 4. The van der Waals surface area contributed by atoms with Crippen molar-refractivity contribution in [1.29, 1.82) is 0 Å². The first kappa shape index (κ1) is 19.2. The Balaban J connectivity index is 1.46. The molecule has 1 aliphatic rings. The fraction of sp³-hybridized carbons (Fsp3) is 0.429. The average Bonchev–Trinajstić information content (AvgIpc) is 3.16. The lowest BCUT2D eigenvalue weighted by Gasteiger charge is -2.33. The zero-order valence-electron chi connectivity index (χ0n) is 16.2. The van der Waals surface area contributed by atoms with E-state index in [1.54, 1.807) is 17.0 Å². The Hall–Kier alpha value is -2.60. The minimum absolute atomic E-state index is 0.0377. The number of piperazine rings is 1. The van der Waals surface area contributed by atoms with Crippen molar-refractivity contribution in [2.75, 3.05) is 38.0 Å². The normalized spacial score (nSPS) is 15.6. The van der Waals surface area contributed by atoms with Gasteiger partial charge in [0.15, 0.2) is 5.76 Å². The lowest BCUT2D eigenvalue weighted by atomic mass is 9.87. The number of carbonyl (C=O) groups excluding carboxylic acids is 2. The van der Waals surface area contributed by atoms with Crippen molar-refractivity contribution in [2.45, 2.75) is 26.2 Å². The van der Waals surface area contributed by atoms with E-state index in [0.717, 1.165) is 5.69 Å². The van der Waals surface area contributed by atoms with E-state index in [0.29, 0.717) is 38.5 Å². The lowest BCUT2D eigenvalue weighted by Crippen LogP contribution is -2.50. The first-order chi connectivity index (χ1) is 12.8. The number of rotatable bonds is 4. The molecule has 2 aromatic rings. The van der Waals surface area contributed by atoms with Crippen LogP contribution in [0.1, 0.15) is 36.9 Å². The van der Waals surface area contributed by atoms with Gasteiger partial charge in [-0.25, -0.2) is 0 Å². The van der Waals surface area contributed by atoms with Gasteiger partial charge in [-0.1, -0.05) is 32.9 Å². The maximum absolute atomic E-state index is 12.3. The van der Waals surface area contributed by atoms with Crippen LogP contribution in [-0.2, 0) is 10.2 Å². The fourth-order valence-electron chi connectivity index (χ4n) is 3.12. The second kappa shape index (κ2) is 7.96. The van der Waals surface area contributed by atoms with Gasteiger partial charge in [-0.2, -0.15) is 0 Å². The summed E-state index contributed by atoms with van der Waals surface area (Å²) in [5, 5.41) is 2.95. The number of hydrogen-bond donors (Lipinski definition) is 1. The molecule has 0 bridgehead atoms. The van der Waals surface area contributed by atoms with Crippen molar-refractivity contribution in [3.8, 4) is 0 Å². The summed E-state index contributed by atoms with van der Waals surface area (Å²) in [6, 6.07) is 11.4. The summed E-state index contributed by atoms with van der Waals surface area (Å²) in [4.78, 5) is 28.4. The number of furan rings is 1. The van der Waals surface area contributed by atoms with E-state index in [9.17, 15) is 9.59 Å². The van der Waals surface area contributed by atoms with Gasteiger partial charge in [-0.05, 0) is 35.2 Å². The van der Waals surface area contributed by atoms with E-state index in [-0.39, 0.29) is 17.2 Å². The van der Waals surface area contributed by atoms with Gasteiger partial charge in [0, 0.05) is 31.9 Å². The highest BCUT2D eigenvalue weighted by molar-refractivity contribution is 5.92. The molecule has 1 N–H and O–H groups in total. The molecule has 0 aliphatic carbocycles. The fourth-order valence-corrected chi connectivity index (χ4v) is 3.12. The summed E-state index contributed by atoms with van der Waals surface area (Å²) in [5.74, 6) is 0.229. The number of amides is 2. The van der Waals surface area contributed by atoms with Crippen LogP contribution in [-0.4, -0.2) is 54.3 Å². The third-order valence-electron chi connectivity index (χ3n) is 4.79. The molecule has 0 atom stereocenters. The van der Waals surface area contributed by atoms with Crippen molar-refractivity contribution in [1.82, 2.24) is 9.80 Å². The third-order valence-corrected chi connectivity index (χ3v) is 4.79. The third kappa shape index (κ3) is 4.98. The SMILES string of the molecule is CC(C)(C)c1ccc(NC(=O)CN2CCN(C(=O)c3ccco3)CC2)cc1. The molecule has 2 heterocycles. The standard InChI is InChI=1S/C21H27N3O3/c1-21(2,3)16-6-8-17(9-7-16)22-19(25)15-23-10-12-24(13-11-23)20(26)18-5-4-14-27-18/h4-9,14H,10-13,15H2,1-3H3,(H,22,25). The average molecular weight is 369 g/mol. The zero-order valence-corrected chi connectivity index (χ0v) is 16.2. The molecular formula is C21H27N3O3. The van der Waals surface area contributed by atoms with Gasteiger partial charge in [0.25, 0.3) is 5.91 Å². The van der Waals surface area contributed by atoms with Crippen molar-refractivity contribution < 1.29 is 14.0 Å². The highest BCUT2D eigenvalue weighted by Crippen LogP contribution is 2.23. The summed E-state index contributed by atoms with van der Waals surface area (Å²) in [7, 11) is 0. The predicted octanol–water partition coefficient (Wildman–Crippen LogP) is 2.97. The number of anilines is 1. The molecule has 1 aromatic heterocycles. The van der Waals surface area contributed by atoms with Crippen LogP contribution in [0.15, 0.2) is 47.1 Å². The summed E-state index contributed by atoms with van der Waals surface area (Å²) in [5.41, 5.74) is 2.13. The Labute approximate surface area is 160 Å². The van der Waals surface area contributed by atoms with Gasteiger partial charge >= 0.3 is 0 Å². The van der Waals surface area contributed by atoms with E-state index in [4.69, 9.17) is 4.42 Å². The van der Waals surface area contributed by atoms with Crippen LogP contribution >= 0.6 is 0 Å². The molecule has 144 valence electrons. The van der Waals surface area contributed by atoms with E-state index in [1.807, 2.05) is 12.1 Å². The highest BCUT2D eigenvalue weighted by atomic mass is 16.3. The number of carbonyl (C=O) groups is 2. The molecule has 1 aromatic carbocycles. The second-order valence-corrected chi connectivity index (χ2v) is 7.92. The molecular weight excluding hydrogens is 342 g/mol. The molecule has 0 saturated carbocycles. The van der Waals surface area contributed by atoms with Crippen LogP contribution in [0, 0.1) is 0 Å². The first-order valence-corrected chi connectivity index (χ1v) is 9.28. The number of nitrogens with zero attached hydrogens (tertiary/aromatic N) is 2. The largest absolute Gasteiger partial charge is 0.459 e. The summed E-state index contributed by atoms with van der Waals surface area (Å²) in [6.45, 7) is 9.33. The molecule has 6 heteroatoms.